The first-order valence-electron chi connectivity index (χ1n) is 12.1. The highest BCUT2D eigenvalue weighted by atomic mass is 19.3. The van der Waals surface area contributed by atoms with E-state index in [1.165, 1.54) is 11.7 Å². The third-order valence-electron chi connectivity index (χ3n) is 6.79. The van der Waals surface area contributed by atoms with E-state index in [4.69, 9.17) is 20.2 Å². The van der Waals surface area contributed by atoms with Crippen LogP contribution in [0.15, 0.2) is 24.3 Å². The number of hydrogen-bond donors (Lipinski definition) is 2. The number of anilines is 2. The van der Waals surface area contributed by atoms with Gasteiger partial charge in [-0.15, -0.1) is 0 Å². The molecule has 0 atom stereocenters. The molecule has 1 aromatic carbocycles. The fraction of sp³-hybridized carbons (Fsp3) is 0.542. The minimum Gasteiger partial charge on any atom is -0.497 e. The molecule has 2 aromatic heterocycles. The van der Waals surface area contributed by atoms with E-state index >= 15 is 0 Å². The van der Waals surface area contributed by atoms with E-state index < -0.39 is 6.43 Å². The van der Waals surface area contributed by atoms with Crippen molar-refractivity contribution in [2.75, 3.05) is 50.2 Å². The van der Waals surface area contributed by atoms with E-state index in [1.54, 1.807) is 24.3 Å². The maximum absolute atomic E-state index is 14.1. The molecule has 0 spiro atoms. The van der Waals surface area contributed by atoms with Gasteiger partial charge < -0.3 is 25.4 Å². The summed E-state index contributed by atoms with van der Waals surface area (Å²) in [6, 6.07) is 7.09. The summed E-state index contributed by atoms with van der Waals surface area (Å²) in [6.45, 7) is 3.20. The van der Waals surface area contributed by atoms with Crippen LogP contribution >= 0.6 is 0 Å². The number of nitrogens with zero attached hydrogens (tertiary/aromatic N) is 5. The number of morpholine rings is 1. The SMILES string of the molecule is COc1ccc2nc(C(F)F)n(-c3cc(N4CCOCC4)nc(NCC4CCC(N)CC4)n3)c2c1. The molecule has 1 saturated heterocycles. The van der Waals surface area contributed by atoms with Gasteiger partial charge in [0.25, 0.3) is 6.43 Å². The van der Waals surface area contributed by atoms with Crippen LogP contribution in [0, 0.1) is 5.92 Å². The summed E-state index contributed by atoms with van der Waals surface area (Å²) in [7, 11) is 1.54. The number of imidazole rings is 1. The molecule has 11 heteroatoms. The molecular formula is C24H31F2N7O2. The zero-order chi connectivity index (χ0) is 24.4. The Morgan fingerprint density at radius 2 is 1.83 bits per heavy atom. The molecule has 0 radical (unpaired) electrons. The van der Waals surface area contributed by atoms with Crippen molar-refractivity contribution in [2.45, 2.75) is 38.2 Å². The van der Waals surface area contributed by atoms with E-state index in [0.29, 0.717) is 73.1 Å². The Morgan fingerprint density at radius 1 is 1.09 bits per heavy atom. The predicted octanol–water partition coefficient (Wildman–Crippen LogP) is 3.53. The van der Waals surface area contributed by atoms with Crippen LogP contribution in [0.1, 0.15) is 37.9 Å². The first-order valence-corrected chi connectivity index (χ1v) is 12.1. The van der Waals surface area contributed by atoms with Crippen molar-refractivity contribution in [1.82, 2.24) is 19.5 Å². The number of nitrogens with two attached hydrogens (primary N) is 1. The number of aromatic nitrogens is 4. The summed E-state index contributed by atoms with van der Waals surface area (Å²) in [6.07, 6.45) is 1.33. The van der Waals surface area contributed by atoms with Gasteiger partial charge in [-0.05, 0) is 43.7 Å². The third kappa shape index (κ3) is 5.15. The van der Waals surface area contributed by atoms with Crippen LogP contribution in [0.25, 0.3) is 16.9 Å². The van der Waals surface area contributed by atoms with Gasteiger partial charge in [-0.3, -0.25) is 4.57 Å². The number of methoxy groups -OCH3 is 1. The molecule has 1 aliphatic carbocycles. The molecule has 188 valence electrons. The van der Waals surface area contributed by atoms with Crippen LogP contribution in [0.2, 0.25) is 0 Å². The summed E-state index contributed by atoms with van der Waals surface area (Å²) < 4.78 is 40.4. The molecule has 3 heterocycles. The van der Waals surface area contributed by atoms with Gasteiger partial charge in [0.1, 0.15) is 17.4 Å². The lowest BCUT2D eigenvalue weighted by molar-refractivity contribution is 0.122. The van der Waals surface area contributed by atoms with Crippen LogP contribution in [0.3, 0.4) is 0 Å². The van der Waals surface area contributed by atoms with Crippen molar-refractivity contribution in [3.63, 3.8) is 0 Å². The van der Waals surface area contributed by atoms with Gasteiger partial charge >= 0.3 is 0 Å². The highest BCUT2D eigenvalue weighted by molar-refractivity contribution is 5.80. The summed E-state index contributed by atoms with van der Waals surface area (Å²) in [5.41, 5.74) is 6.99. The summed E-state index contributed by atoms with van der Waals surface area (Å²) in [4.78, 5) is 15.7. The maximum atomic E-state index is 14.1. The molecule has 0 amide bonds. The van der Waals surface area contributed by atoms with Crippen molar-refractivity contribution < 1.29 is 18.3 Å². The highest BCUT2D eigenvalue weighted by Crippen LogP contribution is 2.31. The zero-order valence-electron chi connectivity index (χ0n) is 19.8. The molecular weight excluding hydrogens is 456 g/mol. The van der Waals surface area contributed by atoms with Crippen molar-refractivity contribution >= 4 is 22.8 Å². The number of alkyl halides is 2. The van der Waals surface area contributed by atoms with Crippen LogP contribution in [0.5, 0.6) is 5.75 Å². The summed E-state index contributed by atoms with van der Waals surface area (Å²) >= 11 is 0. The van der Waals surface area contributed by atoms with Gasteiger partial charge in [0, 0.05) is 37.8 Å². The molecule has 9 nitrogen and oxygen atoms in total. The number of halogens is 2. The first-order chi connectivity index (χ1) is 17.0. The smallest absolute Gasteiger partial charge is 0.296 e. The number of hydrogen-bond acceptors (Lipinski definition) is 8. The topological polar surface area (TPSA) is 103 Å². The van der Waals surface area contributed by atoms with Gasteiger partial charge in [0.2, 0.25) is 5.95 Å². The molecule has 2 aliphatic rings. The van der Waals surface area contributed by atoms with E-state index in [1.807, 2.05) is 0 Å². The minimum atomic E-state index is -2.78. The van der Waals surface area contributed by atoms with Crippen LogP contribution < -0.4 is 20.7 Å². The molecule has 3 N–H and O–H groups in total. The highest BCUT2D eigenvalue weighted by Gasteiger charge is 2.24. The second-order valence-electron chi connectivity index (χ2n) is 9.13. The fourth-order valence-corrected chi connectivity index (χ4v) is 4.79. The van der Waals surface area contributed by atoms with Crippen LogP contribution in [-0.2, 0) is 4.74 Å². The molecule has 5 rings (SSSR count). The lowest BCUT2D eigenvalue weighted by atomic mass is 9.86. The Balaban J connectivity index is 1.55. The molecule has 0 unspecified atom stereocenters. The van der Waals surface area contributed by atoms with Crippen molar-refractivity contribution in [3.05, 3.63) is 30.1 Å². The third-order valence-corrected chi connectivity index (χ3v) is 6.79. The second-order valence-corrected chi connectivity index (χ2v) is 9.13. The molecule has 2 fully saturated rings. The first kappa shape index (κ1) is 23.7. The average Bonchev–Trinajstić information content (AvgIpc) is 3.28. The van der Waals surface area contributed by atoms with Crippen LogP contribution in [0.4, 0.5) is 20.5 Å². The van der Waals surface area contributed by atoms with Crippen LogP contribution in [-0.4, -0.2) is 65.5 Å². The van der Waals surface area contributed by atoms with Crippen molar-refractivity contribution in [3.8, 4) is 11.6 Å². The summed E-state index contributed by atoms with van der Waals surface area (Å²) in [5.74, 6) is 2.06. The van der Waals surface area contributed by atoms with Gasteiger partial charge in [-0.2, -0.15) is 9.97 Å². The van der Waals surface area contributed by atoms with E-state index in [-0.39, 0.29) is 11.9 Å². The zero-order valence-corrected chi connectivity index (χ0v) is 19.8. The van der Waals surface area contributed by atoms with Gasteiger partial charge in [0.15, 0.2) is 5.82 Å². The standard InChI is InChI=1S/C24H31F2N7O2/c1-34-17-6-7-18-19(12-17)33(23(29-18)22(25)26)21-13-20(32-8-10-35-11-9-32)30-24(31-21)28-14-15-2-4-16(27)5-3-15/h6-7,12-13,15-16,22H,2-5,8-11,14,27H2,1H3,(H,28,30,31). The number of benzene rings is 1. The lowest BCUT2D eigenvalue weighted by Gasteiger charge is -2.29. The Hall–Kier alpha value is -3.05. The molecule has 35 heavy (non-hydrogen) atoms. The lowest BCUT2D eigenvalue weighted by Crippen LogP contribution is -2.37. The quantitative estimate of drug-likeness (QED) is 0.522. The predicted molar refractivity (Wildman–Crippen MR) is 130 cm³/mol. The summed E-state index contributed by atoms with van der Waals surface area (Å²) in [5, 5.41) is 3.36. The molecule has 1 saturated carbocycles. The Morgan fingerprint density at radius 3 is 2.54 bits per heavy atom. The normalized spacial score (nSPS) is 21.0. The van der Waals surface area contributed by atoms with Gasteiger partial charge in [0.05, 0.1) is 31.4 Å². The Kier molecular flexibility index (Phi) is 6.96. The number of nitrogens with one attached hydrogen (secondary N) is 1. The molecule has 0 bridgehead atoms. The monoisotopic (exact) mass is 487 g/mol. The van der Waals surface area contributed by atoms with Gasteiger partial charge in [-0.1, -0.05) is 0 Å². The van der Waals surface area contributed by atoms with Crippen molar-refractivity contribution in [2.24, 2.45) is 11.7 Å². The minimum absolute atomic E-state index is 0.276. The number of rotatable bonds is 7. The van der Waals surface area contributed by atoms with Crippen molar-refractivity contribution in [1.29, 1.82) is 0 Å². The van der Waals surface area contributed by atoms with Gasteiger partial charge in [-0.25, -0.2) is 13.8 Å². The maximum Gasteiger partial charge on any atom is 0.296 e. The average molecular weight is 488 g/mol. The largest absolute Gasteiger partial charge is 0.497 e. The fourth-order valence-electron chi connectivity index (χ4n) is 4.79. The second kappa shape index (κ2) is 10.3. The Bertz CT molecular complexity index is 1160. The van der Waals surface area contributed by atoms with E-state index in [9.17, 15) is 8.78 Å². The van der Waals surface area contributed by atoms with E-state index in [2.05, 4.69) is 20.2 Å². The van der Waals surface area contributed by atoms with E-state index in [0.717, 1.165) is 25.7 Å². The number of ether oxygens (including phenoxy) is 2. The molecule has 1 aliphatic heterocycles. The molecule has 3 aromatic rings. The number of fused-ring (bicyclic) bond motifs is 1. The Labute approximate surface area is 202 Å².